The van der Waals surface area contributed by atoms with Crippen LogP contribution in [-0.2, 0) is 4.74 Å². The maximum absolute atomic E-state index is 12.5. The van der Waals surface area contributed by atoms with Crippen LogP contribution in [-0.4, -0.2) is 12.1 Å². The highest BCUT2D eigenvalue weighted by Crippen LogP contribution is 2.38. The minimum absolute atomic E-state index is 0.121. The van der Waals surface area contributed by atoms with Crippen molar-refractivity contribution in [1.29, 1.82) is 0 Å². The number of carbonyl (C=O) groups excluding carboxylic acids is 1. The van der Waals surface area contributed by atoms with Crippen LogP contribution >= 0.6 is 0 Å². The predicted octanol–water partition coefficient (Wildman–Crippen LogP) is 7.52. The van der Waals surface area contributed by atoms with E-state index in [1.165, 1.54) is 63.4 Å². The standard InChI is InChI=1S/C26H40O2/c1-4-19(3)18-21-6-10-22(11-7-21)23-12-14-24(15-13-23)26(27)28-25-16-8-20(5-2)9-17-25/h12-15,19-22,25H,4-11,16-18H2,1-3H3. The van der Waals surface area contributed by atoms with Gasteiger partial charge in [0.05, 0.1) is 5.56 Å². The fraction of sp³-hybridized carbons (Fsp3) is 0.731. The van der Waals surface area contributed by atoms with Gasteiger partial charge in [0.1, 0.15) is 6.10 Å². The lowest BCUT2D eigenvalue weighted by Gasteiger charge is -2.30. The maximum Gasteiger partial charge on any atom is 0.338 e. The number of benzene rings is 1. The lowest BCUT2D eigenvalue weighted by Crippen LogP contribution is -2.24. The summed E-state index contributed by atoms with van der Waals surface area (Å²) in [6.45, 7) is 6.95. The molecule has 2 aliphatic rings. The van der Waals surface area contributed by atoms with Gasteiger partial charge in [-0.2, -0.15) is 0 Å². The van der Waals surface area contributed by atoms with E-state index in [2.05, 4.69) is 32.9 Å². The maximum atomic E-state index is 12.5. The minimum Gasteiger partial charge on any atom is -0.459 e. The largest absolute Gasteiger partial charge is 0.459 e. The number of carbonyl (C=O) groups is 1. The zero-order valence-corrected chi connectivity index (χ0v) is 18.3. The van der Waals surface area contributed by atoms with Gasteiger partial charge in [-0.15, -0.1) is 0 Å². The van der Waals surface area contributed by atoms with E-state index in [4.69, 9.17) is 4.74 Å². The number of hydrogen-bond donors (Lipinski definition) is 0. The van der Waals surface area contributed by atoms with E-state index in [1.807, 2.05) is 12.1 Å². The summed E-state index contributed by atoms with van der Waals surface area (Å²) in [5, 5.41) is 0. The number of hydrogen-bond acceptors (Lipinski definition) is 2. The highest BCUT2D eigenvalue weighted by Gasteiger charge is 2.25. The van der Waals surface area contributed by atoms with Crippen molar-refractivity contribution in [3.63, 3.8) is 0 Å². The Morgan fingerprint density at radius 3 is 2.11 bits per heavy atom. The molecule has 2 saturated carbocycles. The Kier molecular flexibility index (Phi) is 8.00. The molecule has 1 unspecified atom stereocenters. The highest BCUT2D eigenvalue weighted by molar-refractivity contribution is 5.89. The Balaban J connectivity index is 1.46. The number of rotatable bonds is 7. The molecule has 0 spiro atoms. The predicted molar refractivity (Wildman–Crippen MR) is 117 cm³/mol. The molecule has 2 nitrogen and oxygen atoms in total. The third-order valence-corrected chi connectivity index (χ3v) is 7.54. The van der Waals surface area contributed by atoms with Crippen LogP contribution in [0.1, 0.15) is 113 Å². The molecular formula is C26H40O2. The van der Waals surface area contributed by atoms with E-state index in [0.717, 1.165) is 30.6 Å². The van der Waals surface area contributed by atoms with Crippen LogP contribution in [0.3, 0.4) is 0 Å². The Bertz CT molecular complexity index is 589. The zero-order valence-electron chi connectivity index (χ0n) is 18.3. The smallest absolute Gasteiger partial charge is 0.338 e. The second-order valence-corrected chi connectivity index (χ2v) is 9.55. The molecule has 0 saturated heterocycles. The second-order valence-electron chi connectivity index (χ2n) is 9.55. The molecule has 1 atom stereocenters. The molecule has 1 aromatic rings. The Hall–Kier alpha value is -1.31. The van der Waals surface area contributed by atoms with E-state index in [9.17, 15) is 4.79 Å². The van der Waals surface area contributed by atoms with Gasteiger partial charge in [-0.1, -0.05) is 45.7 Å². The summed E-state index contributed by atoms with van der Waals surface area (Å²) < 4.78 is 5.78. The molecule has 2 heteroatoms. The lowest BCUT2D eigenvalue weighted by molar-refractivity contribution is 0.0164. The van der Waals surface area contributed by atoms with E-state index in [0.29, 0.717) is 11.5 Å². The van der Waals surface area contributed by atoms with Crippen molar-refractivity contribution in [3.05, 3.63) is 35.4 Å². The third-order valence-electron chi connectivity index (χ3n) is 7.54. The van der Waals surface area contributed by atoms with Crippen molar-refractivity contribution in [2.45, 2.75) is 103 Å². The normalized spacial score (nSPS) is 29.2. The van der Waals surface area contributed by atoms with Crippen molar-refractivity contribution >= 4 is 5.97 Å². The van der Waals surface area contributed by atoms with Gasteiger partial charge in [0, 0.05) is 0 Å². The van der Waals surface area contributed by atoms with Crippen molar-refractivity contribution in [2.24, 2.45) is 17.8 Å². The summed E-state index contributed by atoms with van der Waals surface area (Å²) >= 11 is 0. The Morgan fingerprint density at radius 1 is 0.929 bits per heavy atom. The molecule has 2 fully saturated rings. The molecule has 0 aliphatic heterocycles. The Morgan fingerprint density at radius 2 is 1.54 bits per heavy atom. The first kappa shape index (κ1) is 21.4. The summed E-state index contributed by atoms with van der Waals surface area (Å²) in [7, 11) is 0. The third kappa shape index (κ3) is 5.84. The average Bonchev–Trinajstić information content (AvgIpc) is 2.75. The topological polar surface area (TPSA) is 26.3 Å². The zero-order chi connectivity index (χ0) is 19.9. The molecule has 28 heavy (non-hydrogen) atoms. The summed E-state index contributed by atoms with van der Waals surface area (Å²) in [6.07, 6.45) is 13.9. The molecule has 0 bridgehead atoms. The van der Waals surface area contributed by atoms with Crippen LogP contribution in [0.15, 0.2) is 24.3 Å². The lowest BCUT2D eigenvalue weighted by atomic mass is 9.75. The van der Waals surface area contributed by atoms with Gasteiger partial charge in [-0.05, 0) is 99.2 Å². The van der Waals surface area contributed by atoms with Crippen LogP contribution in [0.5, 0.6) is 0 Å². The van der Waals surface area contributed by atoms with Gasteiger partial charge in [0.2, 0.25) is 0 Å². The summed E-state index contributed by atoms with van der Waals surface area (Å²) in [5.74, 6) is 3.15. The van der Waals surface area contributed by atoms with Crippen molar-refractivity contribution in [2.75, 3.05) is 0 Å². The second kappa shape index (κ2) is 10.5. The number of esters is 1. The minimum atomic E-state index is -0.135. The van der Waals surface area contributed by atoms with Crippen molar-refractivity contribution < 1.29 is 9.53 Å². The van der Waals surface area contributed by atoms with E-state index in [1.54, 1.807) is 0 Å². The van der Waals surface area contributed by atoms with Crippen molar-refractivity contribution in [1.82, 2.24) is 0 Å². The van der Waals surface area contributed by atoms with Gasteiger partial charge in [-0.25, -0.2) is 4.79 Å². The molecular weight excluding hydrogens is 344 g/mol. The fourth-order valence-corrected chi connectivity index (χ4v) is 5.24. The Labute approximate surface area is 172 Å². The monoisotopic (exact) mass is 384 g/mol. The fourth-order valence-electron chi connectivity index (χ4n) is 5.24. The first-order chi connectivity index (χ1) is 13.6. The molecule has 0 amide bonds. The number of ether oxygens (including phenoxy) is 1. The van der Waals surface area contributed by atoms with E-state index < -0.39 is 0 Å². The van der Waals surface area contributed by atoms with Gasteiger partial charge in [-0.3, -0.25) is 0 Å². The molecule has 3 rings (SSSR count). The van der Waals surface area contributed by atoms with Gasteiger partial charge in [0.15, 0.2) is 0 Å². The summed E-state index contributed by atoms with van der Waals surface area (Å²) in [6, 6.07) is 8.32. The molecule has 2 aliphatic carbocycles. The molecule has 0 radical (unpaired) electrons. The van der Waals surface area contributed by atoms with Crippen LogP contribution in [0.25, 0.3) is 0 Å². The highest BCUT2D eigenvalue weighted by atomic mass is 16.5. The molecule has 0 N–H and O–H groups in total. The first-order valence-corrected chi connectivity index (χ1v) is 11.9. The average molecular weight is 385 g/mol. The van der Waals surface area contributed by atoms with E-state index in [-0.39, 0.29) is 12.1 Å². The van der Waals surface area contributed by atoms with Gasteiger partial charge in [0.25, 0.3) is 0 Å². The summed E-state index contributed by atoms with van der Waals surface area (Å²) in [5.41, 5.74) is 2.12. The van der Waals surface area contributed by atoms with Gasteiger partial charge >= 0.3 is 5.97 Å². The van der Waals surface area contributed by atoms with Crippen LogP contribution in [0, 0.1) is 17.8 Å². The molecule has 1 aromatic carbocycles. The van der Waals surface area contributed by atoms with E-state index >= 15 is 0 Å². The quantitative estimate of drug-likeness (QED) is 0.454. The van der Waals surface area contributed by atoms with Crippen LogP contribution in [0.4, 0.5) is 0 Å². The molecule has 156 valence electrons. The molecule has 0 aromatic heterocycles. The van der Waals surface area contributed by atoms with Gasteiger partial charge < -0.3 is 4.74 Å². The van der Waals surface area contributed by atoms with Crippen LogP contribution in [0.2, 0.25) is 0 Å². The summed E-state index contributed by atoms with van der Waals surface area (Å²) in [4.78, 5) is 12.5. The van der Waals surface area contributed by atoms with Crippen molar-refractivity contribution in [3.8, 4) is 0 Å². The molecule has 0 heterocycles. The SMILES string of the molecule is CCC(C)CC1CCC(c2ccc(C(=O)OC3CCC(CC)CC3)cc2)CC1. The first-order valence-electron chi connectivity index (χ1n) is 11.9. The van der Waals surface area contributed by atoms with Crippen LogP contribution < -0.4 is 0 Å².